The molecule has 0 N–H and O–H groups in total. The first kappa shape index (κ1) is 11.4. The molecule has 0 fully saturated rings. The predicted octanol–water partition coefficient (Wildman–Crippen LogP) is 1.73. The summed E-state index contributed by atoms with van der Waals surface area (Å²) < 4.78 is 36.9. The molecular formula is C8H9ClFNO2S. The highest BCUT2D eigenvalue weighted by molar-refractivity contribution is 7.89. The van der Waals surface area contributed by atoms with Gasteiger partial charge in [0.25, 0.3) is 0 Å². The fraction of sp³-hybridized carbons (Fsp3) is 0.250. The van der Waals surface area contributed by atoms with E-state index in [1.165, 1.54) is 20.2 Å². The van der Waals surface area contributed by atoms with E-state index in [1.54, 1.807) is 0 Å². The van der Waals surface area contributed by atoms with Crippen LogP contribution >= 0.6 is 11.6 Å². The zero-order chi connectivity index (χ0) is 10.9. The standard InChI is InChI=1S/C8H9ClFNO2S/c1-11(2)14(12,13)8-5-6(10)3-4-7(8)9/h3-5H,1-2H3. The van der Waals surface area contributed by atoms with Crippen LogP contribution in [0.3, 0.4) is 0 Å². The van der Waals surface area contributed by atoms with E-state index < -0.39 is 15.8 Å². The van der Waals surface area contributed by atoms with Gasteiger partial charge in [0.2, 0.25) is 10.0 Å². The summed E-state index contributed by atoms with van der Waals surface area (Å²) in [4.78, 5) is -0.218. The minimum atomic E-state index is -3.67. The molecular weight excluding hydrogens is 229 g/mol. The summed E-state index contributed by atoms with van der Waals surface area (Å²) in [6, 6.07) is 3.22. The van der Waals surface area contributed by atoms with Gasteiger partial charge in [-0.05, 0) is 18.2 Å². The van der Waals surface area contributed by atoms with E-state index in [0.29, 0.717) is 0 Å². The third-order valence-corrected chi connectivity index (χ3v) is 3.95. The molecule has 0 bridgehead atoms. The second-order valence-electron chi connectivity index (χ2n) is 2.86. The van der Waals surface area contributed by atoms with Crippen molar-refractivity contribution in [3.63, 3.8) is 0 Å². The average molecular weight is 238 g/mol. The van der Waals surface area contributed by atoms with Crippen LogP contribution in [0, 0.1) is 5.82 Å². The summed E-state index contributed by atoms with van der Waals surface area (Å²) in [5.41, 5.74) is 0. The average Bonchev–Trinajstić information content (AvgIpc) is 2.08. The first-order chi connectivity index (χ1) is 6.35. The third kappa shape index (κ3) is 2.05. The first-order valence-corrected chi connectivity index (χ1v) is 5.55. The molecule has 0 atom stereocenters. The molecule has 0 radical (unpaired) electrons. The summed E-state index contributed by atoms with van der Waals surface area (Å²) >= 11 is 5.65. The lowest BCUT2D eigenvalue weighted by Gasteiger charge is -2.12. The highest BCUT2D eigenvalue weighted by atomic mass is 35.5. The molecule has 0 saturated carbocycles. The number of rotatable bonds is 2. The molecule has 0 aliphatic rings. The Hall–Kier alpha value is -0.650. The second-order valence-corrected chi connectivity index (χ2v) is 5.39. The Labute approximate surface area is 87.2 Å². The Kier molecular flexibility index (Phi) is 3.14. The minimum absolute atomic E-state index is 0.0140. The second kappa shape index (κ2) is 3.84. The highest BCUT2D eigenvalue weighted by Crippen LogP contribution is 2.23. The quantitative estimate of drug-likeness (QED) is 0.786. The monoisotopic (exact) mass is 237 g/mol. The van der Waals surface area contributed by atoms with Crippen LogP contribution in [-0.2, 0) is 10.0 Å². The summed E-state index contributed by atoms with van der Waals surface area (Å²) in [6.07, 6.45) is 0. The topological polar surface area (TPSA) is 37.4 Å². The Morgan fingerprint density at radius 2 is 1.93 bits per heavy atom. The van der Waals surface area contributed by atoms with Crippen LogP contribution in [0.4, 0.5) is 4.39 Å². The molecule has 0 heterocycles. The van der Waals surface area contributed by atoms with Crippen molar-refractivity contribution in [2.24, 2.45) is 0 Å². The Morgan fingerprint density at radius 1 is 1.36 bits per heavy atom. The molecule has 1 aromatic rings. The van der Waals surface area contributed by atoms with Gasteiger partial charge in [0.05, 0.1) is 5.02 Å². The van der Waals surface area contributed by atoms with Crippen LogP contribution in [0.1, 0.15) is 0 Å². The predicted molar refractivity (Wildman–Crippen MR) is 52.3 cm³/mol. The van der Waals surface area contributed by atoms with Gasteiger partial charge in [-0.3, -0.25) is 0 Å². The van der Waals surface area contributed by atoms with Crippen molar-refractivity contribution >= 4 is 21.6 Å². The zero-order valence-corrected chi connectivity index (χ0v) is 9.23. The Bertz CT molecular complexity index is 445. The van der Waals surface area contributed by atoms with Gasteiger partial charge in [-0.25, -0.2) is 17.1 Å². The summed E-state index contributed by atoms with van der Waals surface area (Å²) in [5.74, 6) is -0.630. The number of hydrogen-bond donors (Lipinski definition) is 0. The van der Waals surface area contributed by atoms with Crippen LogP contribution in [0.2, 0.25) is 5.02 Å². The zero-order valence-electron chi connectivity index (χ0n) is 7.66. The molecule has 6 heteroatoms. The molecule has 14 heavy (non-hydrogen) atoms. The van der Waals surface area contributed by atoms with Crippen molar-refractivity contribution in [3.05, 3.63) is 29.0 Å². The normalized spacial score (nSPS) is 12.1. The summed E-state index contributed by atoms with van der Waals surface area (Å²) in [7, 11) is -0.953. The van der Waals surface area contributed by atoms with Gasteiger partial charge in [-0.15, -0.1) is 0 Å². The maximum absolute atomic E-state index is 12.8. The fourth-order valence-electron chi connectivity index (χ4n) is 0.872. The van der Waals surface area contributed by atoms with Crippen LogP contribution < -0.4 is 0 Å². The number of benzene rings is 1. The van der Waals surface area contributed by atoms with Crippen molar-refractivity contribution < 1.29 is 12.8 Å². The molecule has 0 spiro atoms. The minimum Gasteiger partial charge on any atom is -0.207 e. The van der Waals surface area contributed by atoms with Gasteiger partial charge in [0, 0.05) is 14.1 Å². The van der Waals surface area contributed by atoms with E-state index in [2.05, 4.69) is 0 Å². The number of halogens is 2. The molecule has 0 amide bonds. The van der Waals surface area contributed by atoms with E-state index in [-0.39, 0.29) is 9.92 Å². The molecule has 0 aliphatic carbocycles. The van der Waals surface area contributed by atoms with Crippen molar-refractivity contribution in [2.75, 3.05) is 14.1 Å². The van der Waals surface area contributed by atoms with Gasteiger partial charge < -0.3 is 0 Å². The lowest BCUT2D eigenvalue weighted by atomic mass is 10.3. The lowest BCUT2D eigenvalue weighted by Crippen LogP contribution is -2.22. The van der Waals surface area contributed by atoms with Crippen LogP contribution in [0.15, 0.2) is 23.1 Å². The Morgan fingerprint density at radius 3 is 2.43 bits per heavy atom. The molecule has 1 rings (SSSR count). The molecule has 0 aromatic heterocycles. The van der Waals surface area contributed by atoms with Crippen molar-refractivity contribution in [3.8, 4) is 0 Å². The van der Waals surface area contributed by atoms with Crippen molar-refractivity contribution in [1.82, 2.24) is 4.31 Å². The largest absolute Gasteiger partial charge is 0.244 e. The highest BCUT2D eigenvalue weighted by Gasteiger charge is 2.20. The van der Waals surface area contributed by atoms with E-state index in [0.717, 1.165) is 16.4 Å². The van der Waals surface area contributed by atoms with E-state index in [9.17, 15) is 12.8 Å². The third-order valence-electron chi connectivity index (χ3n) is 1.65. The number of sulfonamides is 1. The number of nitrogens with zero attached hydrogens (tertiary/aromatic N) is 1. The maximum atomic E-state index is 12.8. The van der Waals surface area contributed by atoms with Gasteiger partial charge in [-0.1, -0.05) is 11.6 Å². The molecule has 0 unspecified atom stereocenters. The van der Waals surface area contributed by atoms with Crippen molar-refractivity contribution in [2.45, 2.75) is 4.90 Å². The van der Waals surface area contributed by atoms with E-state index >= 15 is 0 Å². The lowest BCUT2D eigenvalue weighted by molar-refractivity contribution is 0.519. The smallest absolute Gasteiger partial charge is 0.207 e. The maximum Gasteiger partial charge on any atom is 0.244 e. The van der Waals surface area contributed by atoms with Crippen LogP contribution in [0.25, 0.3) is 0 Å². The number of hydrogen-bond acceptors (Lipinski definition) is 2. The van der Waals surface area contributed by atoms with Gasteiger partial charge >= 0.3 is 0 Å². The van der Waals surface area contributed by atoms with E-state index in [4.69, 9.17) is 11.6 Å². The van der Waals surface area contributed by atoms with Crippen molar-refractivity contribution in [1.29, 1.82) is 0 Å². The van der Waals surface area contributed by atoms with Gasteiger partial charge in [-0.2, -0.15) is 0 Å². The van der Waals surface area contributed by atoms with Gasteiger partial charge in [0.15, 0.2) is 0 Å². The Balaban J connectivity index is 3.40. The van der Waals surface area contributed by atoms with Crippen LogP contribution in [0.5, 0.6) is 0 Å². The fourth-order valence-corrected chi connectivity index (χ4v) is 2.25. The first-order valence-electron chi connectivity index (χ1n) is 3.73. The molecule has 1 aromatic carbocycles. The molecule has 3 nitrogen and oxygen atoms in total. The van der Waals surface area contributed by atoms with Crippen LogP contribution in [-0.4, -0.2) is 26.8 Å². The molecule has 78 valence electrons. The van der Waals surface area contributed by atoms with Gasteiger partial charge in [0.1, 0.15) is 10.7 Å². The summed E-state index contributed by atoms with van der Waals surface area (Å²) in [5, 5.41) is 0.0140. The molecule has 0 aliphatic heterocycles. The van der Waals surface area contributed by atoms with E-state index in [1.807, 2.05) is 0 Å². The SMILES string of the molecule is CN(C)S(=O)(=O)c1cc(F)ccc1Cl. The molecule has 0 saturated heterocycles. The summed E-state index contributed by atoms with van der Waals surface area (Å²) in [6.45, 7) is 0.